The second kappa shape index (κ2) is 7.50. The summed E-state index contributed by atoms with van der Waals surface area (Å²) >= 11 is 1.38. The van der Waals surface area contributed by atoms with Crippen LogP contribution in [0.4, 0.5) is 5.69 Å². The van der Waals surface area contributed by atoms with Gasteiger partial charge in [-0.05, 0) is 25.1 Å². The number of rotatable bonds is 4. The smallest absolute Gasteiger partial charge is 0.270 e. The van der Waals surface area contributed by atoms with E-state index in [0.29, 0.717) is 4.80 Å². The first-order valence-electron chi connectivity index (χ1n) is 8.05. The fraction of sp³-hybridized carbons (Fsp3) is 0.167. The SMILES string of the molecule is C[C@H](NC(=O)c1cccc([N+](=O)[O-])c1)C(=O)N=c1sc2ccccc2n1C. The lowest BCUT2D eigenvalue weighted by Crippen LogP contribution is -2.38. The summed E-state index contributed by atoms with van der Waals surface area (Å²) in [6.45, 7) is 1.52. The van der Waals surface area contributed by atoms with Crippen LogP contribution in [0.5, 0.6) is 0 Å². The fourth-order valence-corrected chi connectivity index (χ4v) is 3.51. The Balaban J connectivity index is 1.79. The second-order valence-corrected chi connectivity index (χ2v) is 6.87. The Labute approximate surface area is 157 Å². The van der Waals surface area contributed by atoms with E-state index >= 15 is 0 Å². The van der Waals surface area contributed by atoms with Crippen molar-refractivity contribution >= 4 is 39.1 Å². The van der Waals surface area contributed by atoms with Gasteiger partial charge in [-0.3, -0.25) is 19.7 Å². The molecule has 0 aliphatic rings. The second-order valence-electron chi connectivity index (χ2n) is 5.86. The molecule has 0 radical (unpaired) electrons. The van der Waals surface area contributed by atoms with Gasteiger partial charge in [0.15, 0.2) is 4.80 Å². The zero-order valence-corrected chi connectivity index (χ0v) is 15.4. The molecule has 0 saturated heterocycles. The van der Waals surface area contributed by atoms with Crippen LogP contribution in [0.3, 0.4) is 0 Å². The van der Waals surface area contributed by atoms with Crippen molar-refractivity contribution in [3.05, 3.63) is 69.0 Å². The van der Waals surface area contributed by atoms with Gasteiger partial charge in [0.05, 0.1) is 15.1 Å². The Hall–Kier alpha value is -3.33. The summed E-state index contributed by atoms with van der Waals surface area (Å²) in [7, 11) is 1.82. The molecule has 2 aromatic carbocycles. The third kappa shape index (κ3) is 3.93. The zero-order valence-electron chi connectivity index (χ0n) is 14.6. The maximum atomic E-state index is 12.4. The van der Waals surface area contributed by atoms with Crippen LogP contribution in [0.2, 0.25) is 0 Å². The Morgan fingerprint density at radius 2 is 1.96 bits per heavy atom. The number of non-ortho nitro benzene ring substituents is 1. The lowest BCUT2D eigenvalue weighted by Gasteiger charge is -2.10. The number of aryl methyl sites for hydroxylation is 1. The quantitative estimate of drug-likeness (QED) is 0.550. The Morgan fingerprint density at radius 3 is 2.67 bits per heavy atom. The molecule has 2 amide bonds. The lowest BCUT2D eigenvalue weighted by molar-refractivity contribution is -0.384. The standard InChI is InChI=1S/C18H16N4O4S/c1-11(19-17(24)12-6-5-7-13(10-12)22(25)26)16(23)20-18-21(2)14-8-3-4-9-15(14)27-18/h3-11H,1-2H3,(H,19,24)/t11-/m0/s1. The highest BCUT2D eigenvalue weighted by molar-refractivity contribution is 7.16. The molecule has 0 aliphatic heterocycles. The van der Waals surface area contributed by atoms with E-state index in [1.165, 1.54) is 36.5 Å². The van der Waals surface area contributed by atoms with Crippen molar-refractivity contribution in [2.75, 3.05) is 0 Å². The van der Waals surface area contributed by atoms with E-state index in [9.17, 15) is 19.7 Å². The van der Waals surface area contributed by atoms with Crippen molar-refractivity contribution in [1.82, 2.24) is 9.88 Å². The van der Waals surface area contributed by atoms with Crippen molar-refractivity contribution in [3.63, 3.8) is 0 Å². The first kappa shape index (κ1) is 18.5. The van der Waals surface area contributed by atoms with Gasteiger partial charge >= 0.3 is 0 Å². The van der Waals surface area contributed by atoms with Crippen molar-refractivity contribution in [2.45, 2.75) is 13.0 Å². The number of benzene rings is 2. The number of amides is 2. The molecule has 0 bridgehead atoms. The van der Waals surface area contributed by atoms with Crippen LogP contribution in [-0.2, 0) is 11.8 Å². The van der Waals surface area contributed by atoms with Gasteiger partial charge in [-0.25, -0.2) is 0 Å². The van der Waals surface area contributed by atoms with Crippen LogP contribution >= 0.6 is 11.3 Å². The van der Waals surface area contributed by atoms with Crippen LogP contribution in [-0.4, -0.2) is 27.3 Å². The van der Waals surface area contributed by atoms with Gasteiger partial charge in [0.2, 0.25) is 0 Å². The zero-order chi connectivity index (χ0) is 19.6. The molecule has 1 N–H and O–H groups in total. The number of thiazole rings is 1. The van der Waals surface area contributed by atoms with Crippen LogP contribution in [0.15, 0.2) is 53.5 Å². The van der Waals surface area contributed by atoms with Crippen LogP contribution in [0.25, 0.3) is 10.2 Å². The summed E-state index contributed by atoms with van der Waals surface area (Å²) < 4.78 is 2.81. The number of fused-ring (bicyclic) bond motifs is 1. The third-order valence-electron chi connectivity index (χ3n) is 3.96. The van der Waals surface area contributed by atoms with Gasteiger partial charge in [0.1, 0.15) is 6.04 Å². The van der Waals surface area contributed by atoms with Gasteiger partial charge in [-0.15, -0.1) is 0 Å². The first-order chi connectivity index (χ1) is 12.9. The van der Waals surface area contributed by atoms with E-state index in [2.05, 4.69) is 10.3 Å². The van der Waals surface area contributed by atoms with E-state index in [-0.39, 0.29) is 11.3 Å². The topological polar surface area (TPSA) is 107 Å². The average Bonchev–Trinajstić information content (AvgIpc) is 2.97. The molecular weight excluding hydrogens is 368 g/mol. The third-order valence-corrected chi connectivity index (χ3v) is 5.07. The molecule has 0 unspecified atom stereocenters. The molecule has 27 heavy (non-hydrogen) atoms. The first-order valence-corrected chi connectivity index (χ1v) is 8.87. The largest absolute Gasteiger partial charge is 0.340 e. The van der Waals surface area contributed by atoms with Crippen LogP contribution in [0.1, 0.15) is 17.3 Å². The molecular formula is C18H16N4O4S. The van der Waals surface area contributed by atoms with Gasteiger partial charge in [-0.1, -0.05) is 29.5 Å². The number of nitro benzene ring substituents is 1. The number of nitrogens with one attached hydrogen (secondary N) is 1. The molecule has 138 valence electrons. The highest BCUT2D eigenvalue weighted by atomic mass is 32.1. The Kier molecular flexibility index (Phi) is 5.13. The molecule has 8 nitrogen and oxygen atoms in total. The summed E-state index contributed by atoms with van der Waals surface area (Å²) in [5.74, 6) is -1.08. The van der Waals surface area contributed by atoms with Crippen molar-refractivity contribution in [3.8, 4) is 0 Å². The minimum atomic E-state index is -0.873. The summed E-state index contributed by atoms with van der Waals surface area (Å²) in [6, 6.07) is 12.1. The molecule has 1 heterocycles. The molecule has 0 saturated carbocycles. The molecule has 0 aliphatic carbocycles. The highest BCUT2D eigenvalue weighted by Gasteiger charge is 2.18. The fourth-order valence-electron chi connectivity index (χ4n) is 2.48. The minimum Gasteiger partial charge on any atom is -0.340 e. The van der Waals surface area contributed by atoms with E-state index in [0.717, 1.165) is 16.3 Å². The summed E-state index contributed by atoms with van der Waals surface area (Å²) in [4.78, 5) is 39.5. The van der Waals surface area contributed by atoms with Crippen LogP contribution in [0, 0.1) is 10.1 Å². The van der Waals surface area contributed by atoms with E-state index < -0.39 is 22.8 Å². The number of carbonyl (C=O) groups is 2. The molecule has 3 rings (SSSR count). The number of nitro groups is 1. The number of aromatic nitrogens is 1. The average molecular weight is 384 g/mol. The monoisotopic (exact) mass is 384 g/mol. The molecule has 9 heteroatoms. The summed E-state index contributed by atoms with van der Waals surface area (Å²) in [5.41, 5.74) is 0.877. The van der Waals surface area contributed by atoms with Crippen molar-refractivity contribution < 1.29 is 14.5 Å². The number of hydrogen-bond donors (Lipinski definition) is 1. The lowest BCUT2D eigenvalue weighted by atomic mass is 10.2. The molecule has 0 spiro atoms. The number of hydrogen-bond acceptors (Lipinski definition) is 5. The molecule has 0 fully saturated rings. The Morgan fingerprint density at radius 1 is 1.22 bits per heavy atom. The van der Waals surface area contributed by atoms with Crippen molar-refractivity contribution in [2.24, 2.45) is 12.0 Å². The van der Waals surface area contributed by atoms with Gasteiger partial charge < -0.3 is 9.88 Å². The molecule has 1 atom stereocenters. The predicted molar refractivity (Wildman–Crippen MR) is 101 cm³/mol. The highest BCUT2D eigenvalue weighted by Crippen LogP contribution is 2.15. The van der Waals surface area contributed by atoms with Crippen LogP contribution < -0.4 is 10.1 Å². The number of carbonyl (C=O) groups excluding carboxylic acids is 2. The Bertz CT molecular complexity index is 1120. The van der Waals surface area contributed by atoms with Gasteiger partial charge in [-0.2, -0.15) is 4.99 Å². The van der Waals surface area contributed by atoms with E-state index in [4.69, 9.17) is 0 Å². The summed E-state index contributed by atoms with van der Waals surface area (Å²) in [5, 5.41) is 13.3. The molecule has 3 aromatic rings. The maximum absolute atomic E-state index is 12.4. The van der Waals surface area contributed by atoms with E-state index in [1.807, 2.05) is 35.9 Å². The summed E-state index contributed by atoms with van der Waals surface area (Å²) in [6.07, 6.45) is 0. The normalized spacial score (nSPS) is 12.7. The van der Waals surface area contributed by atoms with E-state index in [1.54, 1.807) is 0 Å². The molecule has 1 aromatic heterocycles. The predicted octanol–water partition coefficient (Wildman–Crippen LogP) is 2.39. The maximum Gasteiger partial charge on any atom is 0.270 e. The minimum absolute atomic E-state index is 0.108. The van der Waals surface area contributed by atoms with Gasteiger partial charge in [0, 0.05) is 24.7 Å². The number of nitrogens with zero attached hydrogens (tertiary/aromatic N) is 3. The van der Waals surface area contributed by atoms with Crippen molar-refractivity contribution in [1.29, 1.82) is 0 Å². The van der Waals surface area contributed by atoms with Gasteiger partial charge in [0.25, 0.3) is 17.5 Å². The number of para-hydroxylation sites is 1.